The summed E-state index contributed by atoms with van der Waals surface area (Å²) in [4.78, 5) is 27.9. The minimum Gasteiger partial charge on any atom is -0.446 e. The van der Waals surface area contributed by atoms with Gasteiger partial charge in [-0.25, -0.2) is 30.8 Å². The van der Waals surface area contributed by atoms with Crippen LogP contribution in [-0.4, -0.2) is 86.9 Å². The monoisotopic (exact) mass is 594 g/mol. The van der Waals surface area contributed by atoms with E-state index in [-0.39, 0.29) is 43.9 Å². The normalized spacial score (nSPS) is 17.4. The highest BCUT2D eigenvalue weighted by molar-refractivity contribution is 7.89. The summed E-state index contributed by atoms with van der Waals surface area (Å²) >= 11 is 0. The fourth-order valence-corrected chi connectivity index (χ4v) is 5.77. The third kappa shape index (κ3) is 6.99. The first-order chi connectivity index (χ1) is 18.0. The minimum atomic E-state index is -4.37. The van der Waals surface area contributed by atoms with Crippen molar-refractivity contribution in [2.45, 2.75) is 23.8 Å². The molecule has 1 N–H and O–H groups in total. The van der Waals surface area contributed by atoms with Crippen molar-refractivity contribution < 1.29 is 40.3 Å². The Morgan fingerprint density at radius 2 is 1.49 bits per heavy atom. The summed E-state index contributed by atoms with van der Waals surface area (Å²) in [6.07, 6.45) is -0.526. The molecule has 214 valence electrons. The van der Waals surface area contributed by atoms with E-state index in [0.29, 0.717) is 25.2 Å². The van der Waals surface area contributed by atoms with E-state index >= 15 is 0 Å². The van der Waals surface area contributed by atoms with Crippen molar-refractivity contribution in [1.82, 2.24) is 14.1 Å². The molecule has 0 radical (unpaired) electrons. The fourth-order valence-electron chi connectivity index (χ4n) is 4.21. The second kappa shape index (κ2) is 12.5. The van der Waals surface area contributed by atoms with Gasteiger partial charge < -0.3 is 19.9 Å². The number of nitrogens with one attached hydrogen (secondary N) is 1. The zero-order valence-electron chi connectivity index (χ0n) is 20.8. The highest BCUT2D eigenvalue weighted by Crippen LogP contribution is 2.26. The average molecular weight is 595 g/mol. The van der Waals surface area contributed by atoms with Crippen molar-refractivity contribution in [2.75, 3.05) is 51.6 Å². The topological polar surface area (TPSA) is 99.3 Å². The Labute approximate surface area is 229 Å². The van der Waals surface area contributed by atoms with Crippen LogP contribution in [0.5, 0.6) is 0 Å². The number of piperidine rings is 1. The minimum absolute atomic E-state index is 0. The molecular weight excluding hydrogens is 568 g/mol. The van der Waals surface area contributed by atoms with Gasteiger partial charge in [-0.05, 0) is 38.1 Å². The van der Waals surface area contributed by atoms with E-state index in [0.717, 1.165) is 35.6 Å². The Hall–Kier alpha value is -2.94. The van der Waals surface area contributed by atoms with Gasteiger partial charge >= 0.3 is 6.09 Å². The standard InChI is InChI=1S/C24H26F4N4O5S.ClH/c1-30-8-10-31(11-9-30)24(34)37-17-4-6-32(7-5-17)38(35,36)21-12-15(2-3-18(21)25)23(33)29-16-13-19(26)22(28)20(27)14-16;/h2-3,12-14,17H,4-11H2,1H3,(H,29,33);1H. The number of hydrogen-bond acceptors (Lipinski definition) is 6. The van der Waals surface area contributed by atoms with E-state index in [4.69, 9.17) is 4.74 Å². The van der Waals surface area contributed by atoms with E-state index in [1.165, 1.54) is 0 Å². The van der Waals surface area contributed by atoms with E-state index in [1.54, 1.807) is 4.90 Å². The lowest BCUT2D eigenvalue weighted by molar-refractivity contribution is 0.0307. The molecule has 0 atom stereocenters. The van der Waals surface area contributed by atoms with Crippen LogP contribution in [-0.2, 0) is 14.8 Å². The molecule has 0 aliphatic carbocycles. The van der Waals surface area contributed by atoms with Gasteiger partial charge in [0, 0.05) is 62.7 Å². The second-order valence-electron chi connectivity index (χ2n) is 9.13. The summed E-state index contributed by atoms with van der Waals surface area (Å²) in [5.74, 6) is -6.85. The highest BCUT2D eigenvalue weighted by Gasteiger charge is 2.34. The van der Waals surface area contributed by atoms with E-state index < -0.39 is 62.0 Å². The molecule has 2 aromatic carbocycles. The number of hydrogen-bond donors (Lipinski definition) is 1. The molecule has 2 aliphatic rings. The lowest BCUT2D eigenvalue weighted by Crippen LogP contribution is -2.49. The second-order valence-corrected chi connectivity index (χ2v) is 11.0. The molecule has 2 aliphatic heterocycles. The van der Waals surface area contributed by atoms with Crippen LogP contribution < -0.4 is 5.32 Å². The van der Waals surface area contributed by atoms with Crippen molar-refractivity contribution >= 4 is 40.1 Å². The van der Waals surface area contributed by atoms with Crippen molar-refractivity contribution in [1.29, 1.82) is 0 Å². The predicted molar refractivity (Wildman–Crippen MR) is 135 cm³/mol. The van der Waals surface area contributed by atoms with Crippen LogP contribution in [0.2, 0.25) is 0 Å². The number of rotatable bonds is 5. The molecule has 2 fully saturated rings. The number of anilines is 1. The van der Waals surface area contributed by atoms with E-state index in [2.05, 4.69) is 10.2 Å². The van der Waals surface area contributed by atoms with Crippen LogP contribution in [0, 0.1) is 23.3 Å². The molecule has 0 unspecified atom stereocenters. The zero-order chi connectivity index (χ0) is 27.6. The maximum atomic E-state index is 14.6. The lowest BCUT2D eigenvalue weighted by atomic mass is 10.1. The third-order valence-corrected chi connectivity index (χ3v) is 8.40. The van der Waals surface area contributed by atoms with Crippen molar-refractivity contribution in [2.24, 2.45) is 0 Å². The molecule has 2 saturated heterocycles. The Kier molecular flexibility index (Phi) is 9.80. The van der Waals surface area contributed by atoms with Crippen molar-refractivity contribution in [3.05, 3.63) is 59.2 Å². The number of carbonyl (C=O) groups is 2. The average Bonchev–Trinajstić information content (AvgIpc) is 2.88. The van der Waals surface area contributed by atoms with Gasteiger partial charge in [0.15, 0.2) is 17.5 Å². The molecule has 39 heavy (non-hydrogen) atoms. The SMILES string of the molecule is CN1CCN(C(=O)OC2CCN(S(=O)(=O)c3cc(C(=O)Nc4cc(F)c(F)c(F)c4)ccc3F)CC2)CC1.Cl. The molecule has 2 aromatic rings. The van der Waals surface area contributed by atoms with Crippen LogP contribution in [0.25, 0.3) is 0 Å². The highest BCUT2D eigenvalue weighted by atomic mass is 35.5. The Morgan fingerprint density at radius 3 is 2.08 bits per heavy atom. The summed E-state index contributed by atoms with van der Waals surface area (Å²) in [5, 5.41) is 2.13. The number of carbonyl (C=O) groups excluding carboxylic acids is 2. The number of benzene rings is 2. The molecule has 2 heterocycles. The van der Waals surface area contributed by atoms with Gasteiger partial charge in [0.2, 0.25) is 10.0 Å². The number of ether oxygens (including phenoxy) is 1. The smallest absolute Gasteiger partial charge is 0.410 e. The summed E-state index contributed by atoms with van der Waals surface area (Å²) in [5.41, 5.74) is -0.709. The number of sulfonamides is 1. The molecule has 15 heteroatoms. The third-order valence-electron chi connectivity index (χ3n) is 6.48. The number of likely N-dealkylation sites (N-methyl/N-ethyl adjacent to an activating group) is 1. The maximum Gasteiger partial charge on any atom is 0.410 e. The van der Waals surface area contributed by atoms with Crippen LogP contribution in [0.4, 0.5) is 28.0 Å². The molecule has 2 amide bonds. The van der Waals surface area contributed by atoms with Gasteiger partial charge in [-0.15, -0.1) is 12.4 Å². The van der Waals surface area contributed by atoms with Gasteiger partial charge in [-0.3, -0.25) is 4.79 Å². The van der Waals surface area contributed by atoms with Gasteiger partial charge in [0.25, 0.3) is 5.91 Å². The molecule has 4 rings (SSSR count). The number of amides is 2. The fraction of sp³-hybridized carbons (Fsp3) is 0.417. The summed E-state index contributed by atoms with van der Waals surface area (Å²) in [6, 6.07) is 3.72. The zero-order valence-corrected chi connectivity index (χ0v) is 22.5. The van der Waals surface area contributed by atoms with Gasteiger partial charge in [0.1, 0.15) is 16.8 Å². The lowest BCUT2D eigenvalue weighted by Gasteiger charge is -2.35. The molecular formula is C24H27ClF4N4O5S. The van der Waals surface area contributed by atoms with Crippen molar-refractivity contribution in [3.8, 4) is 0 Å². The van der Waals surface area contributed by atoms with Crippen molar-refractivity contribution in [3.63, 3.8) is 0 Å². The molecule has 0 spiro atoms. The molecule has 0 bridgehead atoms. The number of halogens is 5. The Morgan fingerprint density at radius 1 is 0.897 bits per heavy atom. The number of nitrogens with zero attached hydrogens (tertiary/aromatic N) is 3. The van der Waals surface area contributed by atoms with Gasteiger partial charge in [-0.2, -0.15) is 4.31 Å². The Bertz CT molecular complexity index is 1310. The quantitative estimate of drug-likeness (QED) is 0.421. The first-order valence-electron chi connectivity index (χ1n) is 11.9. The molecule has 0 aromatic heterocycles. The molecule has 9 nitrogen and oxygen atoms in total. The van der Waals surface area contributed by atoms with Crippen LogP contribution in [0.15, 0.2) is 35.2 Å². The first-order valence-corrected chi connectivity index (χ1v) is 13.3. The first kappa shape index (κ1) is 30.6. The number of piperazine rings is 1. The largest absolute Gasteiger partial charge is 0.446 e. The van der Waals surface area contributed by atoms with Gasteiger partial charge in [0.05, 0.1) is 0 Å². The predicted octanol–water partition coefficient (Wildman–Crippen LogP) is 3.45. The van der Waals surface area contributed by atoms with Crippen LogP contribution in [0.3, 0.4) is 0 Å². The van der Waals surface area contributed by atoms with Crippen LogP contribution >= 0.6 is 12.4 Å². The van der Waals surface area contributed by atoms with E-state index in [1.807, 2.05) is 7.05 Å². The van der Waals surface area contributed by atoms with Crippen LogP contribution in [0.1, 0.15) is 23.2 Å². The Balaban J connectivity index is 0.00000420. The molecule has 0 saturated carbocycles. The summed E-state index contributed by atoms with van der Waals surface area (Å²) < 4.78 is 87.5. The maximum absolute atomic E-state index is 14.6. The van der Waals surface area contributed by atoms with E-state index in [9.17, 15) is 35.6 Å². The summed E-state index contributed by atoms with van der Waals surface area (Å²) in [6.45, 7) is 2.46. The van der Waals surface area contributed by atoms with Gasteiger partial charge in [-0.1, -0.05) is 0 Å². The summed E-state index contributed by atoms with van der Waals surface area (Å²) in [7, 11) is -2.41.